The van der Waals surface area contributed by atoms with Crippen molar-refractivity contribution >= 4 is 131 Å². The molecule has 18 rings (SSSR count). The fourth-order valence-corrected chi connectivity index (χ4v) is 13.7. The average molecular weight is 994 g/mol. The minimum absolute atomic E-state index is 0.809. The molecule has 12 aromatic carbocycles. The van der Waals surface area contributed by atoms with E-state index in [0.29, 0.717) is 0 Å². The van der Waals surface area contributed by atoms with Gasteiger partial charge in [-0.2, -0.15) is 0 Å². The zero-order valence-electron chi connectivity index (χ0n) is 42.0. The topological polar surface area (TPSA) is 37.8 Å². The molecule has 0 aliphatic carbocycles. The van der Waals surface area contributed by atoms with Crippen LogP contribution in [0.5, 0.6) is 0 Å². The summed E-state index contributed by atoms with van der Waals surface area (Å²) in [5, 5.41) is 14.1. The Bertz CT molecular complexity index is 5380. The van der Waals surface area contributed by atoms with E-state index in [2.05, 4.69) is 284 Å². The molecule has 78 heavy (non-hydrogen) atoms. The Morgan fingerprint density at radius 2 is 0.487 bits per heavy atom. The lowest BCUT2D eigenvalue weighted by atomic mass is 10.1. The monoisotopic (exact) mass is 993 g/mol. The molecule has 0 amide bonds. The predicted molar refractivity (Wildman–Crippen MR) is 325 cm³/mol. The van der Waals surface area contributed by atoms with Gasteiger partial charge in [0.05, 0.1) is 77.6 Å². The maximum absolute atomic E-state index is 7.85. The first-order valence-electron chi connectivity index (χ1n) is 26.8. The van der Waals surface area contributed by atoms with Crippen LogP contribution < -0.4 is 0 Å². The summed E-state index contributed by atoms with van der Waals surface area (Å²) in [4.78, 5) is 0. The van der Waals surface area contributed by atoms with Gasteiger partial charge in [0.1, 0.15) is 0 Å². The molecule has 6 heterocycles. The third-order valence-electron chi connectivity index (χ3n) is 16.9. The van der Waals surface area contributed by atoms with Crippen LogP contribution in [0.3, 0.4) is 0 Å². The lowest BCUT2D eigenvalue weighted by molar-refractivity contribution is 0.663. The van der Waals surface area contributed by atoms with Crippen molar-refractivity contribution in [2.75, 3.05) is 0 Å². The summed E-state index contributed by atoms with van der Waals surface area (Å²) in [6.45, 7) is 0. The van der Waals surface area contributed by atoms with Crippen LogP contribution in [0.15, 0.2) is 265 Å². The van der Waals surface area contributed by atoms with Crippen molar-refractivity contribution in [3.63, 3.8) is 0 Å². The molecule has 18 aromatic rings. The summed E-state index contributed by atoms with van der Waals surface area (Å²) in [5.74, 6) is 0. The van der Waals surface area contributed by atoms with E-state index < -0.39 is 0 Å². The highest BCUT2D eigenvalue weighted by Gasteiger charge is 2.27. The van der Waals surface area contributed by atoms with Gasteiger partial charge < -0.3 is 27.3 Å². The number of rotatable bonds is 5. The van der Waals surface area contributed by atoms with Gasteiger partial charge in [-0.3, -0.25) is 0 Å². The van der Waals surface area contributed by atoms with E-state index in [-0.39, 0.29) is 0 Å². The summed E-state index contributed by atoms with van der Waals surface area (Å²) in [6, 6.07) is 95.5. The highest BCUT2D eigenvalue weighted by Crippen LogP contribution is 2.48. The second-order valence-corrected chi connectivity index (χ2v) is 20.8. The summed E-state index contributed by atoms with van der Waals surface area (Å²) in [5.41, 5.74) is 18.1. The zero-order chi connectivity index (χ0) is 50.7. The smallest absolute Gasteiger partial charge is 0.161 e. The van der Waals surface area contributed by atoms with Crippen molar-refractivity contribution in [3.8, 4) is 28.4 Å². The van der Waals surface area contributed by atoms with E-state index in [0.717, 1.165) is 94.5 Å². The first kappa shape index (κ1) is 41.8. The maximum Gasteiger partial charge on any atom is 0.161 e. The quantitative estimate of drug-likeness (QED) is 0.169. The molecule has 0 spiro atoms. The van der Waals surface area contributed by atoms with Gasteiger partial charge in [0.25, 0.3) is 0 Å². The van der Waals surface area contributed by atoms with Gasteiger partial charge in [0.15, 0.2) is 11.2 Å². The predicted octanol–water partition coefficient (Wildman–Crippen LogP) is 19.1. The zero-order valence-corrected chi connectivity index (χ0v) is 42.0. The van der Waals surface area contributed by atoms with Gasteiger partial charge in [-0.05, 0) is 97.1 Å². The van der Waals surface area contributed by atoms with Crippen LogP contribution in [-0.4, -0.2) is 22.8 Å². The van der Waals surface area contributed by atoms with Gasteiger partial charge in [-0.15, -0.1) is 0 Å². The van der Waals surface area contributed by atoms with Crippen molar-refractivity contribution in [1.29, 1.82) is 0 Å². The number of aromatic nitrogens is 5. The molecule has 6 nitrogen and oxygen atoms in total. The molecule has 0 aliphatic heterocycles. The van der Waals surface area contributed by atoms with Gasteiger partial charge in [0, 0.05) is 70.6 Å². The first-order valence-corrected chi connectivity index (χ1v) is 26.8. The van der Waals surface area contributed by atoms with Gasteiger partial charge >= 0.3 is 0 Å². The maximum atomic E-state index is 7.85. The van der Waals surface area contributed by atoms with Crippen molar-refractivity contribution in [1.82, 2.24) is 22.8 Å². The highest BCUT2D eigenvalue weighted by atomic mass is 16.3. The lowest BCUT2D eigenvalue weighted by Gasteiger charge is -2.15. The summed E-state index contributed by atoms with van der Waals surface area (Å²) in [7, 11) is 0. The van der Waals surface area contributed by atoms with E-state index in [4.69, 9.17) is 4.42 Å². The van der Waals surface area contributed by atoms with Gasteiger partial charge in [-0.25, -0.2) is 0 Å². The molecule has 0 aliphatic rings. The number of nitrogens with zero attached hydrogens (tertiary/aromatic N) is 5. The Kier molecular flexibility index (Phi) is 8.30. The number of benzene rings is 12. The van der Waals surface area contributed by atoms with Crippen molar-refractivity contribution < 1.29 is 4.42 Å². The highest BCUT2D eigenvalue weighted by molar-refractivity contribution is 6.21. The van der Waals surface area contributed by atoms with Crippen LogP contribution in [-0.2, 0) is 0 Å². The van der Waals surface area contributed by atoms with Gasteiger partial charge in [-0.1, -0.05) is 164 Å². The van der Waals surface area contributed by atoms with E-state index in [1.54, 1.807) is 0 Å². The number of furan rings is 1. The molecule has 0 bridgehead atoms. The molecule has 362 valence electrons. The normalized spacial score (nSPS) is 12.4. The molecular weight excluding hydrogens is 951 g/mol. The van der Waals surface area contributed by atoms with Crippen LogP contribution >= 0.6 is 0 Å². The Morgan fingerprint density at radius 3 is 0.897 bits per heavy atom. The molecule has 0 unspecified atom stereocenters. The van der Waals surface area contributed by atoms with E-state index >= 15 is 0 Å². The molecule has 0 saturated carbocycles. The third kappa shape index (κ3) is 5.49. The third-order valence-corrected chi connectivity index (χ3v) is 16.9. The van der Waals surface area contributed by atoms with E-state index in [1.807, 2.05) is 0 Å². The van der Waals surface area contributed by atoms with Gasteiger partial charge in [0.2, 0.25) is 0 Å². The number of fused-ring (bicyclic) bond motifs is 18. The van der Waals surface area contributed by atoms with E-state index in [9.17, 15) is 0 Å². The Balaban J connectivity index is 1.02. The van der Waals surface area contributed by atoms with Crippen LogP contribution in [0.2, 0.25) is 0 Å². The van der Waals surface area contributed by atoms with Crippen LogP contribution in [0.25, 0.3) is 159 Å². The Morgan fingerprint density at radius 1 is 0.192 bits per heavy atom. The standard InChI is InChI=1S/C72H43N5O/c1-10-28-57-46(19-1)47-20-2-11-29-58(47)73(57)44-37-38-66-55(41-44)54-27-9-18-36-65(54)75(66)67-39-40-68(76-61-32-14-5-23-50(61)51-24-6-15-33-62(51)76)72-70(67)56-42-45(74-59-30-12-3-21-48(59)49-22-4-13-31-60(49)74)43-69(71(56)78-72)77-63-34-16-7-25-52(63)53-26-8-17-35-64(53)77/h1-43H. The molecule has 0 radical (unpaired) electrons. The molecule has 0 atom stereocenters. The van der Waals surface area contributed by atoms with Crippen molar-refractivity contribution in [3.05, 3.63) is 261 Å². The van der Waals surface area contributed by atoms with Crippen molar-refractivity contribution in [2.45, 2.75) is 0 Å². The fourth-order valence-electron chi connectivity index (χ4n) is 13.7. The van der Waals surface area contributed by atoms with Crippen LogP contribution in [0, 0.1) is 0 Å². The second kappa shape index (κ2) is 15.5. The minimum Gasteiger partial charge on any atom is -0.452 e. The number of hydrogen-bond donors (Lipinski definition) is 0. The molecule has 6 aromatic heterocycles. The van der Waals surface area contributed by atoms with Crippen molar-refractivity contribution in [2.24, 2.45) is 0 Å². The summed E-state index contributed by atoms with van der Waals surface area (Å²) in [6.07, 6.45) is 0. The molecular formula is C72H43N5O. The Hall–Kier alpha value is -10.6. The first-order chi connectivity index (χ1) is 38.7. The number of para-hydroxylation sites is 9. The average Bonchev–Trinajstić information content (AvgIpc) is 4.47. The fraction of sp³-hybridized carbons (Fsp3) is 0. The van der Waals surface area contributed by atoms with Crippen LogP contribution in [0.4, 0.5) is 0 Å². The lowest BCUT2D eigenvalue weighted by Crippen LogP contribution is -2.00. The molecule has 6 heteroatoms. The number of hydrogen-bond acceptors (Lipinski definition) is 1. The summed E-state index contributed by atoms with van der Waals surface area (Å²) < 4.78 is 20.1. The second-order valence-electron chi connectivity index (χ2n) is 20.8. The Labute approximate surface area is 445 Å². The summed E-state index contributed by atoms with van der Waals surface area (Å²) >= 11 is 0. The molecule has 0 N–H and O–H groups in total. The van der Waals surface area contributed by atoms with E-state index in [1.165, 1.54) is 64.9 Å². The largest absolute Gasteiger partial charge is 0.452 e. The SMILES string of the molecule is c1ccc2c(c1)c1ccccc1n2-c1cc(-n2c3ccccc3c3ccccc32)c2oc3c(-n4c5ccccc5c5ccccc54)ccc(-n4c5ccccc5c5cc(-n6c7ccccc7c7ccccc76)ccc54)c3c2c1. The molecule has 0 fully saturated rings. The minimum atomic E-state index is 0.809. The van der Waals surface area contributed by atoms with Crippen LogP contribution in [0.1, 0.15) is 0 Å². The molecule has 0 saturated heterocycles.